The number of hydrogen-bond donors (Lipinski definition) is 1. The van der Waals surface area contributed by atoms with E-state index in [1.54, 1.807) is 7.11 Å². The van der Waals surface area contributed by atoms with E-state index in [0.29, 0.717) is 5.56 Å². The second kappa shape index (κ2) is 6.61. The van der Waals surface area contributed by atoms with Crippen molar-refractivity contribution in [1.29, 1.82) is 0 Å². The van der Waals surface area contributed by atoms with Crippen LogP contribution in [0.1, 0.15) is 43.0 Å². The standard InChI is InChI=1S/C16H22BrNO2/c1-12-7-9-16(11-17,10-8-12)18-15(19)13-3-5-14(20-2)6-4-13/h3-6,12H,7-11H2,1-2H3,(H,18,19). The fraction of sp³-hybridized carbons (Fsp3) is 0.562. The number of nitrogens with one attached hydrogen (secondary N) is 1. The molecule has 0 aliphatic heterocycles. The molecule has 4 heteroatoms. The first kappa shape index (κ1) is 15.4. The number of halogens is 1. The summed E-state index contributed by atoms with van der Waals surface area (Å²) in [5.41, 5.74) is 0.591. The summed E-state index contributed by atoms with van der Waals surface area (Å²) in [6.45, 7) is 2.28. The van der Waals surface area contributed by atoms with Crippen LogP contribution >= 0.6 is 15.9 Å². The summed E-state index contributed by atoms with van der Waals surface area (Å²) in [5.74, 6) is 1.53. The molecule has 0 heterocycles. The molecule has 0 radical (unpaired) electrons. The quantitative estimate of drug-likeness (QED) is 0.848. The lowest BCUT2D eigenvalue weighted by atomic mass is 9.78. The summed E-state index contributed by atoms with van der Waals surface area (Å²) in [5, 5.41) is 4.04. The number of amides is 1. The van der Waals surface area contributed by atoms with Gasteiger partial charge in [-0.2, -0.15) is 0 Å². The van der Waals surface area contributed by atoms with Crippen LogP contribution < -0.4 is 10.1 Å². The summed E-state index contributed by atoms with van der Waals surface area (Å²) in [6, 6.07) is 7.25. The van der Waals surface area contributed by atoms with Gasteiger partial charge < -0.3 is 10.1 Å². The maximum atomic E-state index is 12.4. The van der Waals surface area contributed by atoms with Gasteiger partial charge in [0.25, 0.3) is 5.91 Å². The fourth-order valence-electron chi connectivity index (χ4n) is 2.66. The Kier molecular flexibility index (Phi) is 5.08. The number of methoxy groups -OCH3 is 1. The Balaban J connectivity index is 2.04. The number of carbonyl (C=O) groups is 1. The van der Waals surface area contributed by atoms with Crippen LogP contribution in [0, 0.1) is 5.92 Å². The van der Waals surface area contributed by atoms with Gasteiger partial charge in [0.05, 0.1) is 12.6 Å². The first-order chi connectivity index (χ1) is 9.58. The molecule has 1 saturated carbocycles. The van der Waals surface area contributed by atoms with E-state index < -0.39 is 0 Å². The van der Waals surface area contributed by atoms with Gasteiger partial charge in [-0.3, -0.25) is 4.79 Å². The Morgan fingerprint density at radius 3 is 2.45 bits per heavy atom. The van der Waals surface area contributed by atoms with Crippen LogP contribution in [0.15, 0.2) is 24.3 Å². The van der Waals surface area contributed by atoms with Gasteiger partial charge in [0, 0.05) is 10.9 Å². The van der Waals surface area contributed by atoms with Crippen LogP contribution in [0.25, 0.3) is 0 Å². The highest BCUT2D eigenvalue weighted by Gasteiger charge is 2.34. The number of benzene rings is 1. The summed E-state index contributed by atoms with van der Waals surface area (Å²) in [7, 11) is 1.62. The highest BCUT2D eigenvalue weighted by Crippen LogP contribution is 2.33. The second-order valence-corrected chi connectivity index (χ2v) is 6.34. The molecule has 0 unspecified atom stereocenters. The largest absolute Gasteiger partial charge is 0.497 e. The minimum Gasteiger partial charge on any atom is -0.497 e. The van der Waals surface area contributed by atoms with Gasteiger partial charge in [0.15, 0.2) is 0 Å². The Morgan fingerprint density at radius 1 is 1.35 bits per heavy atom. The molecule has 3 nitrogen and oxygen atoms in total. The lowest BCUT2D eigenvalue weighted by molar-refractivity contribution is 0.0874. The molecule has 0 spiro atoms. The molecule has 1 aliphatic carbocycles. The number of rotatable bonds is 4. The third-order valence-electron chi connectivity index (χ3n) is 4.22. The maximum Gasteiger partial charge on any atom is 0.251 e. The molecule has 110 valence electrons. The number of alkyl halides is 1. The van der Waals surface area contributed by atoms with E-state index in [2.05, 4.69) is 28.2 Å². The molecular weight excluding hydrogens is 318 g/mol. The van der Waals surface area contributed by atoms with Gasteiger partial charge >= 0.3 is 0 Å². The minimum atomic E-state index is -0.0937. The van der Waals surface area contributed by atoms with Crippen LogP contribution in [0.5, 0.6) is 5.75 Å². The normalized spacial score (nSPS) is 26.1. The number of ether oxygens (including phenoxy) is 1. The average molecular weight is 340 g/mol. The molecule has 1 aliphatic rings. The van der Waals surface area contributed by atoms with Crippen molar-refractivity contribution in [2.45, 2.75) is 38.1 Å². The lowest BCUT2D eigenvalue weighted by Crippen LogP contribution is -2.52. The minimum absolute atomic E-state index is 0.00153. The highest BCUT2D eigenvalue weighted by molar-refractivity contribution is 9.09. The van der Waals surface area contributed by atoms with E-state index in [4.69, 9.17) is 4.74 Å². The topological polar surface area (TPSA) is 38.3 Å². The Labute approximate surface area is 129 Å². The van der Waals surface area contributed by atoms with Crippen molar-refractivity contribution < 1.29 is 9.53 Å². The molecule has 0 bridgehead atoms. The van der Waals surface area contributed by atoms with Crippen molar-refractivity contribution in [2.75, 3.05) is 12.4 Å². The summed E-state index contributed by atoms with van der Waals surface area (Å²) >= 11 is 3.58. The van der Waals surface area contributed by atoms with Crippen LogP contribution in [-0.4, -0.2) is 23.9 Å². The van der Waals surface area contributed by atoms with E-state index in [9.17, 15) is 4.79 Å². The monoisotopic (exact) mass is 339 g/mol. The SMILES string of the molecule is COc1ccc(C(=O)NC2(CBr)CCC(C)CC2)cc1. The molecule has 1 N–H and O–H groups in total. The fourth-order valence-corrected chi connectivity index (χ4v) is 3.36. The van der Waals surface area contributed by atoms with Gasteiger partial charge in [-0.25, -0.2) is 0 Å². The second-order valence-electron chi connectivity index (χ2n) is 5.78. The van der Waals surface area contributed by atoms with Crippen molar-refractivity contribution in [3.05, 3.63) is 29.8 Å². The molecule has 1 aromatic rings. The molecule has 20 heavy (non-hydrogen) atoms. The first-order valence-electron chi connectivity index (χ1n) is 7.11. The van der Waals surface area contributed by atoms with Gasteiger partial charge in [-0.1, -0.05) is 22.9 Å². The molecule has 1 fully saturated rings. The predicted octanol–water partition coefficient (Wildman–Crippen LogP) is 3.77. The summed E-state index contributed by atoms with van der Waals surface area (Å²) in [4.78, 5) is 12.4. The van der Waals surface area contributed by atoms with E-state index in [1.807, 2.05) is 24.3 Å². The third kappa shape index (κ3) is 3.54. The zero-order valence-electron chi connectivity index (χ0n) is 12.1. The van der Waals surface area contributed by atoms with Gasteiger partial charge in [-0.05, 0) is 55.9 Å². The summed E-state index contributed by atoms with van der Waals surface area (Å²) < 4.78 is 5.11. The van der Waals surface area contributed by atoms with E-state index in [1.165, 1.54) is 12.8 Å². The van der Waals surface area contributed by atoms with Crippen LogP contribution in [0.2, 0.25) is 0 Å². The van der Waals surface area contributed by atoms with Crippen molar-refractivity contribution >= 4 is 21.8 Å². The number of hydrogen-bond acceptors (Lipinski definition) is 2. The van der Waals surface area contributed by atoms with Gasteiger partial charge in [0.2, 0.25) is 0 Å². The van der Waals surface area contributed by atoms with Gasteiger partial charge in [-0.15, -0.1) is 0 Å². The zero-order chi connectivity index (χ0) is 14.6. The highest BCUT2D eigenvalue weighted by atomic mass is 79.9. The predicted molar refractivity (Wildman–Crippen MR) is 84.6 cm³/mol. The number of carbonyl (C=O) groups excluding carboxylic acids is 1. The lowest BCUT2D eigenvalue weighted by Gasteiger charge is -2.39. The summed E-state index contributed by atoms with van der Waals surface area (Å²) in [6.07, 6.45) is 4.44. The third-order valence-corrected chi connectivity index (χ3v) is 5.29. The molecule has 0 saturated heterocycles. The van der Waals surface area contributed by atoms with Crippen molar-refractivity contribution in [1.82, 2.24) is 5.32 Å². The molecule has 1 amide bonds. The Bertz CT molecular complexity index is 450. The smallest absolute Gasteiger partial charge is 0.251 e. The Hall–Kier alpha value is -1.03. The van der Waals surface area contributed by atoms with Crippen LogP contribution in [-0.2, 0) is 0 Å². The molecule has 1 aromatic carbocycles. The van der Waals surface area contributed by atoms with E-state index >= 15 is 0 Å². The van der Waals surface area contributed by atoms with E-state index in [-0.39, 0.29) is 11.4 Å². The zero-order valence-corrected chi connectivity index (χ0v) is 13.7. The van der Waals surface area contributed by atoms with Crippen molar-refractivity contribution in [2.24, 2.45) is 5.92 Å². The van der Waals surface area contributed by atoms with Crippen molar-refractivity contribution in [3.63, 3.8) is 0 Å². The molecule has 0 atom stereocenters. The first-order valence-corrected chi connectivity index (χ1v) is 8.23. The maximum absolute atomic E-state index is 12.4. The Morgan fingerprint density at radius 2 is 1.95 bits per heavy atom. The molecule has 0 aromatic heterocycles. The van der Waals surface area contributed by atoms with Crippen LogP contribution in [0.4, 0.5) is 0 Å². The average Bonchev–Trinajstić information content (AvgIpc) is 2.50. The van der Waals surface area contributed by atoms with Crippen molar-refractivity contribution in [3.8, 4) is 5.75 Å². The molecule has 2 rings (SSSR count). The van der Waals surface area contributed by atoms with Gasteiger partial charge in [0.1, 0.15) is 5.75 Å². The van der Waals surface area contributed by atoms with Crippen LogP contribution in [0.3, 0.4) is 0 Å². The molecular formula is C16H22BrNO2. The van der Waals surface area contributed by atoms with E-state index in [0.717, 1.165) is 29.8 Å².